The van der Waals surface area contributed by atoms with Crippen molar-refractivity contribution in [3.63, 3.8) is 0 Å². The molecule has 1 fully saturated rings. The lowest BCUT2D eigenvalue weighted by Crippen LogP contribution is -2.55. The van der Waals surface area contributed by atoms with E-state index >= 15 is 0 Å². The van der Waals surface area contributed by atoms with Crippen molar-refractivity contribution in [2.24, 2.45) is 0 Å². The van der Waals surface area contributed by atoms with Crippen molar-refractivity contribution < 1.29 is 33.8 Å². The second kappa shape index (κ2) is 4.62. The highest BCUT2D eigenvalue weighted by atomic mass is 16.7. The van der Waals surface area contributed by atoms with Crippen LogP contribution < -0.4 is 0 Å². The van der Waals surface area contributed by atoms with Crippen LogP contribution in [0.25, 0.3) is 0 Å². The van der Waals surface area contributed by atoms with Gasteiger partial charge in [0.2, 0.25) is 6.10 Å². The highest BCUT2D eigenvalue weighted by molar-refractivity contribution is 6.18. The van der Waals surface area contributed by atoms with Crippen LogP contribution in [-0.2, 0) is 28.7 Å². The first-order valence-corrected chi connectivity index (χ1v) is 5.09. The number of ketones is 1. The van der Waals surface area contributed by atoms with Gasteiger partial charge in [-0.3, -0.25) is 9.59 Å². The Bertz CT molecular complexity index is 386. The Hall–Kier alpha value is -1.76. The second-order valence-electron chi connectivity index (χ2n) is 3.45. The molecule has 2 atom stereocenters. The first-order chi connectivity index (χ1) is 7.90. The third kappa shape index (κ3) is 1.93. The standard InChI is InChI=1S/C10H12O7/c1-3-5(11)10(17-6(12)4-2)7(13)8(14)16-9(10)15/h7,13H,3-4H2,1-2H3. The largest absolute Gasteiger partial charge is 0.435 e. The van der Waals surface area contributed by atoms with Crippen LogP contribution in [0.3, 0.4) is 0 Å². The van der Waals surface area contributed by atoms with Gasteiger partial charge in [0.05, 0.1) is 0 Å². The summed E-state index contributed by atoms with van der Waals surface area (Å²) >= 11 is 0. The number of ether oxygens (including phenoxy) is 2. The highest BCUT2D eigenvalue weighted by Crippen LogP contribution is 2.29. The SMILES string of the molecule is CCC(=O)OC1(C(=O)CC)C(=O)OC(=O)C1O. The van der Waals surface area contributed by atoms with E-state index in [1.54, 1.807) is 0 Å². The normalized spacial score (nSPS) is 27.8. The molecule has 0 aromatic heterocycles. The molecule has 0 aromatic carbocycles. The monoisotopic (exact) mass is 244 g/mol. The van der Waals surface area contributed by atoms with Crippen molar-refractivity contribution in [2.45, 2.75) is 38.4 Å². The third-order valence-corrected chi connectivity index (χ3v) is 2.40. The predicted octanol–water partition coefficient (Wildman–Crippen LogP) is -0.898. The molecule has 0 amide bonds. The molecule has 1 aliphatic rings. The molecule has 1 aliphatic heterocycles. The topological polar surface area (TPSA) is 107 Å². The van der Waals surface area contributed by atoms with Crippen LogP contribution in [0.5, 0.6) is 0 Å². The summed E-state index contributed by atoms with van der Waals surface area (Å²) in [6, 6.07) is 0. The number of aliphatic hydroxyl groups is 1. The summed E-state index contributed by atoms with van der Waals surface area (Å²) in [5, 5.41) is 9.53. The summed E-state index contributed by atoms with van der Waals surface area (Å²) in [6.45, 7) is 2.85. The average Bonchev–Trinajstić information content (AvgIpc) is 2.52. The number of carbonyl (C=O) groups is 4. The lowest BCUT2D eigenvalue weighted by molar-refractivity contribution is -0.183. The van der Waals surface area contributed by atoms with Gasteiger partial charge in [0, 0.05) is 12.8 Å². The smallest absolute Gasteiger partial charge is 0.369 e. The van der Waals surface area contributed by atoms with Gasteiger partial charge in [-0.15, -0.1) is 0 Å². The van der Waals surface area contributed by atoms with Crippen molar-refractivity contribution >= 4 is 23.7 Å². The van der Waals surface area contributed by atoms with Crippen molar-refractivity contribution in [3.8, 4) is 0 Å². The van der Waals surface area contributed by atoms with E-state index in [1.165, 1.54) is 13.8 Å². The molecule has 17 heavy (non-hydrogen) atoms. The maximum atomic E-state index is 11.7. The van der Waals surface area contributed by atoms with E-state index in [1.807, 2.05) is 0 Å². The van der Waals surface area contributed by atoms with Crippen LogP contribution in [0.2, 0.25) is 0 Å². The molecule has 94 valence electrons. The van der Waals surface area contributed by atoms with Crippen LogP contribution in [0.15, 0.2) is 0 Å². The molecule has 1 N–H and O–H groups in total. The van der Waals surface area contributed by atoms with Gasteiger partial charge >= 0.3 is 23.5 Å². The van der Waals surface area contributed by atoms with Gasteiger partial charge < -0.3 is 14.6 Å². The molecule has 1 saturated heterocycles. The van der Waals surface area contributed by atoms with Crippen LogP contribution in [0, 0.1) is 0 Å². The minimum atomic E-state index is -2.53. The summed E-state index contributed by atoms with van der Waals surface area (Å²) in [6.07, 6.45) is -2.39. The fourth-order valence-corrected chi connectivity index (χ4v) is 1.44. The van der Waals surface area contributed by atoms with Crippen molar-refractivity contribution in [3.05, 3.63) is 0 Å². The number of rotatable bonds is 4. The Kier molecular flexibility index (Phi) is 3.62. The van der Waals surface area contributed by atoms with E-state index in [0.29, 0.717) is 0 Å². The summed E-state index contributed by atoms with van der Waals surface area (Å²) in [7, 11) is 0. The molecule has 0 saturated carbocycles. The average molecular weight is 244 g/mol. The summed E-state index contributed by atoms with van der Waals surface area (Å²) in [5.41, 5.74) is -2.53. The number of carbonyl (C=O) groups excluding carboxylic acids is 4. The zero-order chi connectivity index (χ0) is 13.2. The maximum absolute atomic E-state index is 11.7. The molecule has 0 aliphatic carbocycles. The van der Waals surface area contributed by atoms with Gasteiger partial charge in [0.1, 0.15) is 0 Å². The molecule has 1 heterocycles. The molecule has 0 aromatic rings. The van der Waals surface area contributed by atoms with Gasteiger partial charge in [0.15, 0.2) is 5.78 Å². The Morgan fingerprint density at radius 1 is 1.35 bits per heavy atom. The van der Waals surface area contributed by atoms with Crippen LogP contribution >= 0.6 is 0 Å². The zero-order valence-electron chi connectivity index (χ0n) is 9.39. The van der Waals surface area contributed by atoms with E-state index in [9.17, 15) is 24.3 Å². The summed E-state index contributed by atoms with van der Waals surface area (Å²) in [5.74, 6) is -4.38. The number of cyclic esters (lactones) is 2. The van der Waals surface area contributed by atoms with E-state index < -0.39 is 35.4 Å². The van der Waals surface area contributed by atoms with E-state index in [4.69, 9.17) is 0 Å². The van der Waals surface area contributed by atoms with E-state index in [-0.39, 0.29) is 12.8 Å². The van der Waals surface area contributed by atoms with Crippen molar-refractivity contribution in [2.75, 3.05) is 0 Å². The number of aliphatic hydroxyl groups excluding tert-OH is 1. The van der Waals surface area contributed by atoms with Gasteiger partial charge in [-0.1, -0.05) is 13.8 Å². The summed E-state index contributed by atoms with van der Waals surface area (Å²) < 4.78 is 8.79. The highest BCUT2D eigenvalue weighted by Gasteiger charge is 2.65. The fourth-order valence-electron chi connectivity index (χ4n) is 1.44. The Morgan fingerprint density at radius 3 is 2.29 bits per heavy atom. The molecule has 0 radical (unpaired) electrons. The maximum Gasteiger partial charge on any atom is 0.369 e. The fraction of sp³-hybridized carbons (Fsp3) is 0.600. The van der Waals surface area contributed by atoms with Gasteiger partial charge in [-0.05, 0) is 0 Å². The van der Waals surface area contributed by atoms with E-state index in [2.05, 4.69) is 9.47 Å². The Labute approximate surface area is 96.7 Å². The van der Waals surface area contributed by atoms with E-state index in [0.717, 1.165) is 0 Å². The van der Waals surface area contributed by atoms with Crippen molar-refractivity contribution in [1.29, 1.82) is 0 Å². The molecule has 1 rings (SSSR count). The molecule has 7 nitrogen and oxygen atoms in total. The number of hydrogen-bond donors (Lipinski definition) is 1. The molecule has 0 bridgehead atoms. The number of Topliss-reactive ketones (excluding diaryl/α,β-unsaturated/α-hetero) is 1. The second-order valence-corrected chi connectivity index (χ2v) is 3.45. The quantitative estimate of drug-likeness (QED) is 0.504. The zero-order valence-corrected chi connectivity index (χ0v) is 9.39. The van der Waals surface area contributed by atoms with Crippen LogP contribution in [0.1, 0.15) is 26.7 Å². The molecule has 0 spiro atoms. The molecule has 2 unspecified atom stereocenters. The van der Waals surface area contributed by atoms with Crippen LogP contribution in [-0.4, -0.2) is 40.5 Å². The first kappa shape index (κ1) is 13.3. The Balaban J connectivity index is 3.19. The lowest BCUT2D eigenvalue weighted by atomic mass is 9.91. The molecular weight excluding hydrogens is 232 g/mol. The van der Waals surface area contributed by atoms with Crippen molar-refractivity contribution in [1.82, 2.24) is 0 Å². The minimum absolute atomic E-state index is 0.104. The first-order valence-electron chi connectivity index (χ1n) is 5.09. The van der Waals surface area contributed by atoms with Crippen LogP contribution in [0.4, 0.5) is 0 Å². The van der Waals surface area contributed by atoms with Gasteiger partial charge in [-0.2, -0.15) is 0 Å². The molecular formula is C10H12O7. The predicted molar refractivity (Wildman–Crippen MR) is 51.5 cm³/mol. The summed E-state index contributed by atoms with van der Waals surface area (Å²) in [4.78, 5) is 45.4. The third-order valence-electron chi connectivity index (χ3n) is 2.40. The number of hydrogen-bond acceptors (Lipinski definition) is 7. The lowest BCUT2D eigenvalue weighted by Gasteiger charge is -2.24. The molecule has 7 heteroatoms. The number of esters is 3. The minimum Gasteiger partial charge on any atom is -0.435 e. The Morgan fingerprint density at radius 2 is 1.94 bits per heavy atom. The van der Waals surface area contributed by atoms with Gasteiger partial charge in [-0.25, -0.2) is 9.59 Å². The van der Waals surface area contributed by atoms with Gasteiger partial charge in [0.25, 0.3) is 0 Å².